The van der Waals surface area contributed by atoms with Crippen LogP contribution >= 0.6 is 0 Å². The largest absolute Gasteiger partial charge is 0.507 e. The Labute approximate surface area is 200 Å². The first-order valence-corrected chi connectivity index (χ1v) is 12.2. The van der Waals surface area contributed by atoms with Crippen LogP contribution in [-0.2, 0) is 20.6 Å². The van der Waals surface area contributed by atoms with Gasteiger partial charge in [-0.2, -0.15) is 0 Å². The summed E-state index contributed by atoms with van der Waals surface area (Å²) in [5.74, 6) is 1.21. The fourth-order valence-corrected chi connectivity index (χ4v) is 6.94. The highest BCUT2D eigenvalue weighted by molar-refractivity contribution is 5.71. The average Bonchev–Trinajstić information content (AvgIpc) is 3.42. The third-order valence-corrected chi connectivity index (χ3v) is 8.29. The predicted octanol–water partition coefficient (Wildman–Crippen LogP) is 5.76. The Morgan fingerprint density at radius 3 is 2.09 bits per heavy atom. The molecule has 1 spiro atoms. The maximum Gasteiger partial charge on any atom is 0.308 e. The van der Waals surface area contributed by atoms with Gasteiger partial charge in [0.25, 0.3) is 0 Å². The smallest absolute Gasteiger partial charge is 0.308 e. The Morgan fingerprint density at radius 2 is 1.47 bits per heavy atom. The number of phenolic OH excluding ortho intramolecular Hbond substituents is 1. The summed E-state index contributed by atoms with van der Waals surface area (Å²) in [5, 5.41) is 11.4. The second-order valence-electron chi connectivity index (χ2n) is 10.1. The van der Waals surface area contributed by atoms with Gasteiger partial charge in [0, 0.05) is 47.4 Å². The van der Waals surface area contributed by atoms with E-state index in [1.807, 2.05) is 19.1 Å². The maximum atomic E-state index is 11.7. The van der Waals surface area contributed by atoms with Crippen molar-refractivity contribution in [2.24, 2.45) is 5.92 Å². The third-order valence-electron chi connectivity index (χ3n) is 8.29. The van der Waals surface area contributed by atoms with Crippen LogP contribution in [0.1, 0.15) is 81.0 Å². The summed E-state index contributed by atoms with van der Waals surface area (Å²) in [6.45, 7) is 6.46. The van der Waals surface area contributed by atoms with Crippen molar-refractivity contribution in [2.45, 2.75) is 83.7 Å². The van der Waals surface area contributed by atoms with E-state index in [1.165, 1.54) is 19.4 Å². The van der Waals surface area contributed by atoms with Crippen LogP contribution in [-0.4, -0.2) is 17.0 Å². The number of phenols is 1. The zero-order valence-corrected chi connectivity index (χ0v) is 20.3. The quantitative estimate of drug-likeness (QED) is 0.459. The van der Waals surface area contributed by atoms with E-state index in [2.05, 4.69) is 6.07 Å². The number of carbonyl (C=O) groups is 2. The molecule has 0 amide bonds. The number of carbonyl (C=O) groups excluding carboxylic acids is 2. The highest BCUT2D eigenvalue weighted by Gasteiger charge is 2.62. The lowest BCUT2D eigenvalue weighted by molar-refractivity contribution is -0.132. The molecule has 2 saturated carbocycles. The molecule has 2 fully saturated rings. The zero-order valence-electron chi connectivity index (χ0n) is 20.3. The number of fused-ring (bicyclic) bond motifs is 4. The van der Waals surface area contributed by atoms with Gasteiger partial charge in [-0.1, -0.05) is 18.9 Å². The minimum atomic E-state index is -0.694. The summed E-state index contributed by atoms with van der Waals surface area (Å²) < 4.78 is 17.8. The van der Waals surface area contributed by atoms with Crippen LogP contribution in [0.25, 0.3) is 0 Å². The molecule has 1 aliphatic heterocycles. The van der Waals surface area contributed by atoms with Crippen molar-refractivity contribution < 1.29 is 28.9 Å². The minimum absolute atomic E-state index is 0.0432. The summed E-state index contributed by atoms with van der Waals surface area (Å²) in [6, 6.07) is 7.61. The zero-order chi connectivity index (χ0) is 24.3. The van der Waals surface area contributed by atoms with E-state index < -0.39 is 11.6 Å². The number of hydrogen-bond donors (Lipinski definition) is 1. The molecule has 0 saturated heterocycles. The standard InChI is InChI=1S/C28H32O6/c1-16-22(32-18(3)29)11-9-20(25(16)31)28-15-7-8-24(28)27(13-5-6-14-27)21-10-12-23(33-19(4)30)17(2)26(21)34-28/h9-12,24,31H,5-8,13-15H2,1-4H3/t24-,28-/m0/s1. The molecule has 0 bridgehead atoms. The van der Waals surface area contributed by atoms with Crippen LogP contribution < -0.4 is 14.2 Å². The second-order valence-corrected chi connectivity index (χ2v) is 10.1. The van der Waals surface area contributed by atoms with E-state index in [1.54, 1.807) is 13.0 Å². The second kappa shape index (κ2) is 8.03. The van der Waals surface area contributed by atoms with Crippen LogP contribution in [0.15, 0.2) is 24.3 Å². The molecule has 6 heteroatoms. The first-order chi connectivity index (χ1) is 16.2. The SMILES string of the molecule is CC(=O)Oc1ccc([C@@]23CCC[C@H]2C2(CCCC2)c2ccc(OC(C)=O)c(C)c2O3)c(O)c1C. The van der Waals surface area contributed by atoms with Gasteiger partial charge in [0.05, 0.1) is 0 Å². The Morgan fingerprint density at radius 1 is 0.882 bits per heavy atom. The van der Waals surface area contributed by atoms with Crippen molar-refractivity contribution in [3.8, 4) is 23.0 Å². The normalized spacial score (nSPS) is 24.3. The molecule has 0 unspecified atom stereocenters. The topological polar surface area (TPSA) is 82.1 Å². The first-order valence-electron chi connectivity index (χ1n) is 12.2. The molecule has 3 aliphatic rings. The summed E-state index contributed by atoms with van der Waals surface area (Å²) in [7, 11) is 0. The summed E-state index contributed by atoms with van der Waals surface area (Å²) in [5.41, 5.74) is 2.56. The average molecular weight is 465 g/mol. The molecule has 5 rings (SSSR count). The van der Waals surface area contributed by atoms with E-state index in [0.717, 1.165) is 61.8 Å². The van der Waals surface area contributed by atoms with E-state index in [4.69, 9.17) is 14.2 Å². The van der Waals surface area contributed by atoms with Crippen LogP contribution in [0.4, 0.5) is 0 Å². The molecule has 0 radical (unpaired) electrons. The fourth-order valence-electron chi connectivity index (χ4n) is 6.94. The minimum Gasteiger partial charge on any atom is -0.507 e. The van der Waals surface area contributed by atoms with Crippen LogP contribution in [0.3, 0.4) is 0 Å². The molecule has 2 aromatic carbocycles. The van der Waals surface area contributed by atoms with Crippen LogP contribution in [0, 0.1) is 19.8 Å². The highest BCUT2D eigenvalue weighted by atomic mass is 16.5. The molecule has 34 heavy (non-hydrogen) atoms. The number of hydrogen-bond acceptors (Lipinski definition) is 6. The van der Waals surface area contributed by atoms with Gasteiger partial charge in [-0.25, -0.2) is 0 Å². The van der Waals surface area contributed by atoms with Gasteiger partial charge < -0.3 is 19.3 Å². The predicted molar refractivity (Wildman–Crippen MR) is 126 cm³/mol. The third kappa shape index (κ3) is 3.22. The van der Waals surface area contributed by atoms with Gasteiger partial charge in [-0.05, 0) is 64.2 Å². The summed E-state index contributed by atoms with van der Waals surface area (Å²) in [4.78, 5) is 23.2. The highest BCUT2D eigenvalue weighted by Crippen LogP contribution is 2.66. The molecule has 1 heterocycles. The van der Waals surface area contributed by atoms with Crippen molar-refractivity contribution in [1.82, 2.24) is 0 Å². The van der Waals surface area contributed by atoms with E-state index in [9.17, 15) is 14.7 Å². The van der Waals surface area contributed by atoms with Gasteiger partial charge >= 0.3 is 11.9 Å². The number of benzene rings is 2. The number of esters is 2. The molecule has 0 aromatic heterocycles. The molecular formula is C28H32O6. The molecule has 2 aliphatic carbocycles. The van der Waals surface area contributed by atoms with Crippen LogP contribution in [0.2, 0.25) is 0 Å². The van der Waals surface area contributed by atoms with Gasteiger partial charge in [0.2, 0.25) is 0 Å². The number of ether oxygens (including phenoxy) is 3. The Bertz CT molecular complexity index is 1180. The van der Waals surface area contributed by atoms with E-state index >= 15 is 0 Å². The van der Waals surface area contributed by atoms with Crippen molar-refractivity contribution in [2.75, 3.05) is 0 Å². The van der Waals surface area contributed by atoms with Crippen molar-refractivity contribution in [3.63, 3.8) is 0 Å². The molecule has 2 aromatic rings. The van der Waals surface area contributed by atoms with Crippen molar-refractivity contribution in [1.29, 1.82) is 0 Å². The number of rotatable bonds is 3. The maximum absolute atomic E-state index is 11.7. The lowest BCUT2D eigenvalue weighted by atomic mass is 9.60. The summed E-state index contributed by atoms with van der Waals surface area (Å²) in [6.07, 6.45) is 7.28. The first kappa shape index (κ1) is 22.8. The van der Waals surface area contributed by atoms with Gasteiger partial charge in [-0.15, -0.1) is 0 Å². The van der Waals surface area contributed by atoms with E-state index in [-0.39, 0.29) is 23.1 Å². The van der Waals surface area contributed by atoms with Gasteiger partial charge in [0.15, 0.2) is 0 Å². The lowest BCUT2D eigenvalue weighted by Crippen LogP contribution is -2.51. The Balaban J connectivity index is 1.71. The molecule has 1 N–H and O–H groups in total. The van der Waals surface area contributed by atoms with Crippen LogP contribution in [0.5, 0.6) is 23.0 Å². The van der Waals surface area contributed by atoms with Gasteiger partial charge in [0.1, 0.15) is 28.6 Å². The Hall–Kier alpha value is -3.02. The molecule has 6 nitrogen and oxygen atoms in total. The van der Waals surface area contributed by atoms with E-state index in [0.29, 0.717) is 17.1 Å². The number of aromatic hydroxyl groups is 1. The molecular weight excluding hydrogens is 432 g/mol. The molecule has 2 atom stereocenters. The Kier molecular flexibility index (Phi) is 5.38. The summed E-state index contributed by atoms with van der Waals surface area (Å²) >= 11 is 0. The molecule has 180 valence electrons. The fraction of sp³-hybridized carbons (Fsp3) is 0.500. The monoisotopic (exact) mass is 464 g/mol. The van der Waals surface area contributed by atoms with Crippen molar-refractivity contribution in [3.05, 3.63) is 46.5 Å². The van der Waals surface area contributed by atoms with Crippen molar-refractivity contribution >= 4 is 11.9 Å². The van der Waals surface area contributed by atoms with Gasteiger partial charge in [-0.3, -0.25) is 9.59 Å². The lowest BCUT2D eigenvalue weighted by Gasteiger charge is -2.52.